The second kappa shape index (κ2) is 3.30. The SMILES string of the molecule is Cc1cc(C=O)cc([N+](=O)[O-])c1F. The number of nitro benzene ring substituents is 1. The summed E-state index contributed by atoms with van der Waals surface area (Å²) < 4.78 is 13.0. The Morgan fingerprint density at radius 2 is 2.15 bits per heavy atom. The molecule has 0 bridgehead atoms. The summed E-state index contributed by atoms with van der Waals surface area (Å²) in [5, 5.41) is 10.3. The highest BCUT2D eigenvalue weighted by Crippen LogP contribution is 2.21. The molecule has 0 saturated carbocycles. The lowest BCUT2D eigenvalue weighted by molar-refractivity contribution is -0.387. The van der Waals surface area contributed by atoms with Gasteiger partial charge in [-0.05, 0) is 18.6 Å². The fraction of sp³-hybridized carbons (Fsp3) is 0.125. The van der Waals surface area contributed by atoms with Crippen LogP contribution in [0.2, 0.25) is 0 Å². The van der Waals surface area contributed by atoms with Gasteiger partial charge in [-0.1, -0.05) is 0 Å². The summed E-state index contributed by atoms with van der Waals surface area (Å²) in [5.41, 5.74) is -0.469. The van der Waals surface area contributed by atoms with Crippen molar-refractivity contribution in [3.8, 4) is 0 Å². The van der Waals surface area contributed by atoms with Crippen molar-refractivity contribution in [2.24, 2.45) is 0 Å². The van der Waals surface area contributed by atoms with Crippen molar-refractivity contribution in [1.29, 1.82) is 0 Å². The molecule has 4 nitrogen and oxygen atoms in total. The first-order chi connectivity index (χ1) is 6.06. The van der Waals surface area contributed by atoms with Crippen LogP contribution in [0.25, 0.3) is 0 Å². The molecule has 1 rings (SSSR count). The smallest absolute Gasteiger partial charge is 0.298 e. The van der Waals surface area contributed by atoms with Gasteiger partial charge >= 0.3 is 5.69 Å². The number of nitrogens with zero attached hydrogens (tertiary/aromatic N) is 1. The maximum absolute atomic E-state index is 13.0. The number of halogens is 1. The van der Waals surface area contributed by atoms with Crippen LogP contribution in [-0.2, 0) is 0 Å². The Hall–Kier alpha value is -1.78. The van der Waals surface area contributed by atoms with Gasteiger partial charge < -0.3 is 0 Å². The largest absolute Gasteiger partial charge is 0.305 e. The van der Waals surface area contributed by atoms with Crippen molar-refractivity contribution < 1.29 is 14.1 Å². The first-order valence-corrected chi connectivity index (χ1v) is 3.46. The Kier molecular flexibility index (Phi) is 2.36. The minimum atomic E-state index is -0.893. The molecule has 0 aromatic heterocycles. The van der Waals surface area contributed by atoms with Crippen LogP contribution in [0.1, 0.15) is 15.9 Å². The van der Waals surface area contributed by atoms with E-state index in [1.807, 2.05) is 0 Å². The van der Waals surface area contributed by atoms with E-state index >= 15 is 0 Å². The number of hydrogen-bond acceptors (Lipinski definition) is 3. The Balaban J connectivity index is 3.41. The van der Waals surface area contributed by atoms with Gasteiger partial charge in [0, 0.05) is 11.6 Å². The van der Waals surface area contributed by atoms with Crippen LogP contribution in [0, 0.1) is 22.9 Å². The van der Waals surface area contributed by atoms with Gasteiger partial charge in [-0.15, -0.1) is 0 Å². The number of benzene rings is 1. The standard InChI is InChI=1S/C8H6FNO3/c1-5-2-6(4-11)3-7(8(5)9)10(12)13/h2-4H,1H3. The van der Waals surface area contributed by atoms with Gasteiger partial charge in [0.2, 0.25) is 5.82 Å². The van der Waals surface area contributed by atoms with Crippen LogP contribution in [-0.4, -0.2) is 11.2 Å². The normalized spacial score (nSPS) is 9.69. The van der Waals surface area contributed by atoms with Crippen molar-refractivity contribution in [3.05, 3.63) is 39.2 Å². The third kappa shape index (κ3) is 1.69. The van der Waals surface area contributed by atoms with Crippen LogP contribution in [0.3, 0.4) is 0 Å². The lowest BCUT2D eigenvalue weighted by atomic mass is 10.1. The number of hydrogen-bond donors (Lipinski definition) is 0. The molecule has 13 heavy (non-hydrogen) atoms. The zero-order valence-electron chi connectivity index (χ0n) is 6.78. The molecule has 0 N–H and O–H groups in total. The molecule has 0 atom stereocenters. The summed E-state index contributed by atoms with van der Waals surface area (Å²) in [4.78, 5) is 19.7. The van der Waals surface area contributed by atoms with Crippen LogP contribution in [0.15, 0.2) is 12.1 Å². The second-order valence-electron chi connectivity index (χ2n) is 2.55. The molecule has 0 heterocycles. The molecule has 0 radical (unpaired) electrons. The van der Waals surface area contributed by atoms with E-state index in [2.05, 4.69) is 0 Å². The van der Waals surface area contributed by atoms with Gasteiger partial charge in [-0.25, -0.2) is 0 Å². The van der Waals surface area contributed by atoms with Gasteiger partial charge in [-0.3, -0.25) is 14.9 Å². The molecule has 0 fully saturated rings. The van der Waals surface area contributed by atoms with Gasteiger partial charge in [0.15, 0.2) is 0 Å². The zero-order valence-corrected chi connectivity index (χ0v) is 6.78. The van der Waals surface area contributed by atoms with Gasteiger partial charge in [-0.2, -0.15) is 4.39 Å². The highest BCUT2D eigenvalue weighted by Gasteiger charge is 2.17. The van der Waals surface area contributed by atoms with Gasteiger partial charge in [0.05, 0.1) is 4.92 Å². The van der Waals surface area contributed by atoms with Crippen LogP contribution in [0.5, 0.6) is 0 Å². The molecular weight excluding hydrogens is 177 g/mol. The number of aldehydes is 1. The molecule has 5 heteroatoms. The zero-order chi connectivity index (χ0) is 10.0. The van der Waals surface area contributed by atoms with E-state index in [1.54, 1.807) is 0 Å². The number of rotatable bonds is 2. The van der Waals surface area contributed by atoms with E-state index in [-0.39, 0.29) is 11.1 Å². The maximum atomic E-state index is 13.0. The third-order valence-corrected chi connectivity index (χ3v) is 1.59. The average Bonchev–Trinajstić information content (AvgIpc) is 2.09. The second-order valence-corrected chi connectivity index (χ2v) is 2.55. The average molecular weight is 183 g/mol. The predicted molar refractivity (Wildman–Crippen MR) is 43.2 cm³/mol. The van der Waals surface area contributed by atoms with E-state index < -0.39 is 16.4 Å². The van der Waals surface area contributed by atoms with Crippen molar-refractivity contribution in [3.63, 3.8) is 0 Å². The van der Waals surface area contributed by atoms with E-state index in [0.717, 1.165) is 6.07 Å². The minimum Gasteiger partial charge on any atom is -0.298 e. The molecule has 0 saturated heterocycles. The molecule has 1 aromatic rings. The van der Waals surface area contributed by atoms with Crippen molar-refractivity contribution in [2.45, 2.75) is 6.92 Å². The number of carbonyl (C=O) groups excluding carboxylic acids is 1. The lowest BCUT2D eigenvalue weighted by Crippen LogP contribution is -1.96. The van der Waals surface area contributed by atoms with E-state index in [4.69, 9.17) is 0 Å². The Morgan fingerprint density at radius 3 is 2.62 bits per heavy atom. The topological polar surface area (TPSA) is 60.2 Å². The monoisotopic (exact) mass is 183 g/mol. The number of carbonyl (C=O) groups is 1. The molecule has 0 aliphatic heterocycles. The molecule has 0 spiro atoms. The molecule has 0 aliphatic rings. The highest BCUT2D eigenvalue weighted by molar-refractivity contribution is 5.76. The summed E-state index contributed by atoms with van der Waals surface area (Å²) in [7, 11) is 0. The molecule has 0 unspecified atom stereocenters. The third-order valence-electron chi connectivity index (χ3n) is 1.59. The number of nitro groups is 1. The molecule has 68 valence electrons. The fourth-order valence-electron chi connectivity index (χ4n) is 0.979. The van der Waals surface area contributed by atoms with E-state index in [0.29, 0.717) is 6.29 Å². The van der Waals surface area contributed by atoms with Crippen molar-refractivity contribution in [1.82, 2.24) is 0 Å². The van der Waals surface area contributed by atoms with E-state index in [9.17, 15) is 19.3 Å². The number of aryl methyl sites for hydroxylation is 1. The minimum absolute atomic E-state index is 0.0938. The molecule has 1 aromatic carbocycles. The first-order valence-electron chi connectivity index (χ1n) is 3.46. The molecule has 0 amide bonds. The summed E-state index contributed by atoms with van der Waals surface area (Å²) in [6, 6.07) is 2.17. The van der Waals surface area contributed by atoms with Crippen LogP contribution < -0.4 is 0 Å². The summed E-state index contributed by atoms with van der Waals surface area (Å²) in [6.07, 6.45) is 0.444. The Bertz CT molecular complexity index is 376. The molecular formula is C8H6FNO3. The first kappa shape index (κ1) is 9.31. The quantitative estimate of drug-likeness (QED) is 0.399. The van der Waals surface area contributed by atoms with Gasteiger partial charge in [0.25, 0.3) is 0 Å². The summed E-state index contributed by atoms with van der Waals surface area (Å²) >= 11 is 0. The maximum Gasteiger partial charge on any atom is 0.305 e. The Labute approximate surface area is 73.1 Å². The van der Waals surface area contributed by atoms with Crippen molar-refractivity contribution >= 4 is 12.0 Å². The summed E-state index contributed by atoms with van der Waals surface area (Å²) in [5.74, 6) is -0.893. The highest BCUT2D eigenvalue weighted by atomic mass is 19.1. The van der Waals surface area contributed by atoms with E-state index in [1.165, 1.54) is 13.0 Å². The molecule has 0 aliphatic carbocycles. The van der Waals surface area contributed by atoms with Crippen molar-refractivity contribution in [2.75, 3.05) is 0 Å². The lowest BCUT2D eigenvalue weighted by Gasteiger charge is -1.98. The van der Waals surface area contributed by atoms with Crippen LogP contribution >= 0.6 is 0 Å². The Morgan fingerprint density at radius 1 is 1.54 bits per heavy atom. The van der Waals surface area contributed by atoms with Crippen LogP contribution in [0.4, 0.5) is 10.1 Å². The fourth-order valence-corrected chi connectivity index (χ4v) is 0.979. The van der Waals surface area contributed by atoms with Gasteiger partial charge in [0.1, 0.15) is 6.29 Å². The summed E-state index contributed by atoms with van der Waals surface area (Å²) in [6.45, 7) is 1.37. The predicted octanol–water partition coefficient (Wildman–Crippen LogP) is 1.85.